The second-order valence-electron chi connectivity index (χ2n) is 6.74. The quantitative estimate of drug-likeness (QED) is 0.487. The molecule has 28 heavy (non-hydrogen) atoms. The Labute approximate surface area is 161 Å². The lowest BCUT2D eigenvalue weighted by Gasteiger charge is -1.98. The second-order valence-corrected chi connectivity index (χ2v) is 6.74. The summed E-state index contributed by atoms with van der Waals surface area (Å²) in [5.74, 6) is 1.71. The predicted octanol–water partition coefficient (Wildman–Crippen LogP) is 4.96. The highest BCUT2D eigenvalue weighted by atomic mass is 16.4. The number of pyridine rings is 1. The fourth-order valence-electron chi connectivity index (χ4n) is 3.11. The molecule has 2 aromatic carbocycles. The van der Waals surface area contributed by atoms with Crippen LogP contribution in [0, 0.1) is 13.8 Å². The Morgan fingerprint density at radius 3 is 2.36 bits per heavy atom. The highest BCUT2D eigenvalue weighted by molar-refractivity contribution is 5.81. The second kappa shape index (κ2) is 6.42. The number of H-pyrrole nitrogens is 1. The van der Waals surface area contributed by atoms with E-state index in [1.54, 1.807) is 6.20 Å². The molecule has 0 aliphatic carbocycles. The zero-order valence-electron chi connectivity index (χ0n) is 15.5. The minimum atomic E-state index is 0.405. The number of nitrogens with one attached hydrogen (secondary N) is 1. The summed E-state index contributed by atoms with van der Waals surface area (Å²) in [5.41, 5.74) is 7.00. The van der Waals surface area contributed by atoms with E-state index in [0.29, 0.717) is 17.5 Å². The Morgan fingerprint density at radius 2 is 1.57 bits per heavy atom. The van der Waals surface area contributed by atoms with E-state index < -0.39 is 0 Å². The maximum Gasteiger partial charge on any atom is 0.266 e. The molecular formula is C22H17N5O. The van der Waals surface area contributed by atoms with Crippen LogP contribution in [0.1, 0.15) is 11.1 Å². The van der Waals surface area contributed by atoms with Crippen molar-refractivity contribution in [2.45, 2.75) is 13.8 Å². The summed E-state index contributed by atoms with van der Waals surface area (Å²) in [6, 6.07) is 17.7. The Bertz CT molecular complexity index is 1230. The van der Waals surface area contributed by atoms with Crippen LogP contribution in [0.5, 0.6) is 0 Å². The minimum Gasteiger partial charge on any atom is -0.415 e. The van der Waals surface area contributed by atoms with Crippen LogP contribution in [-0.4, -0.2) is 25.1 Å². The van der Waals surface area contributed by atoms with E-state index in [2.05, 4.69) is 46.1 Å². The number of benzene rings is 2. The monoisotopic (exact) mass is 367 g/mol. The fourth-order valence-corrected chi connectivity index (χ4v) is 3.11. The lowest BCUT2D eigenvalue weighted by Crippen LogP contribution is -1.82. The van der Waals surface area contributed by atoms with Gasteiger partial charge < -0.3 is 9.40 Å². The smallest absolute Gasteiger partial charge is 0.266 e. The third-order valence-corrected chi connectivity index (χ3v) is 4.81. The van der Waals surface area contributed by atoms with Gasteiger partial charge in [-0.15, -0.1) is 10.2 Å². The molecule has 3 heterocycles. The van der Waals surface area contributed by atoms with E-state index in [-0.39, 0.29) is 0 Å². The molecule has 6 heteroatoms. The summed E-state index contributed by atoms with van der Waals surface area (Å²) in [6.45, 7) is 4.20. The highest BCUT2D eigenvalue weighted by Crippen LogP contribution is 2.27. The highest BCUT2D eigenvalue weighted by Gasteiger charge is 2.12. The van der Waals surface area contributed by atoms with E-state index in [4.69, 9.17) is 9.40 Å². The Morgan fingerprint density at radius 1 is 0.821 bits per heavy atom. The molecule has 6 nitrogen and oxygen atoms in total. The predicted molar refractivity (Wildman–Crippen MR) is 108 cm³/mol. The van der Waals surface area contributed by atoms with Crippen molar-refractivity contribution in [1.82, 2.24) is 25.1 Å². The Balaban J connectivity index is 1.45. The molecule has 0 amide bonds. The molecule has 0 aliphatic heterocycles. The van der Waals surface area contributed by atoms with Gasteiger partial charge in [-0.25, -0.2) is 4.98 Å². The summed E-state index contributed by atoms with van der Waals surface area (Å²) in [4.78, 5) is 12.3. The van der Waals surface area contributed by atoms with Gasteiger partial charge in [0.15, 0.2) is 0 Å². The van der Waals surface area contributed by atoms with Crippen molar-refractivity contribution in [3.63, 3.8) is 0 Å². The van der Waals surface area contributed by atoms with Crippen molar-refractivity contribution in [3.05, 3.63) is 71.9 Å². The third-order valence-electron chi connectivity index (χ3n) is 4.81. The normalized spacial score (nSPS) is 11.2. The largest absolute Gasteiger partial charge is 0.415 e. The summed E-state index contributed by atoms with van der Waals surface area (Å²) in [7, 11) is 0. The molecule has 1 N–H and O–H groups in total. The van der Waals surface area contributed by atoms with Gasteiger partial charge in [-0.05, 0) is 61.4 Å². The van der Waals surface area contributed by atoms with E-state index >= 15 is 0 Å². The number of hydrogen-bond donors (Lipinski definition) is 1. The number of imidazole rings is 1. The molecule has 0 spiro atoms. The van der Waals surface area contributed by atoms with Gasteiger partial charge in [0.1, 0.15) is 11.5 Å². The average molecular weight is 367 g/mol. The van der Waals surface area contributed by atoms with Crippen LogP contribution in [0.2, 0.25) is 0 Å². The SMILES string of the molecule is Cc1cc2nc(-c3ccc(-c4nnc(-c5ccccn5)o4)cc3)[nH]c2cc1C. The zero-order chi connectivity index (χ0) is 19.1. The van der Waals surface area contributed by atoms with Gasteiger partial charge >= 0.3 is 0 Å². The average Bonchev–Trinajstić information content (AvgIpc) is 3.37. The Hall–Kier alpha value is -3.80. The molecule has 0 radical (unpaired) electrons. The van der Waals surface area contributed by atoms with Crippen molar-refractivity contribution in [2.75, 3.05) is 0 Å². The van der Waals surface area contributed by atoms with Crippen LogP contribution in [0.4, 0.5) is 0 Å². The van der Waals surface area contributed by atoms with Gasteiger partial charge in [-0.1, -0.05) is 18.2 Å². The van der Waals surface area contributed by atoms with Gasteiger partial charge in [0.2, 0.25) is 5.89 Å². The summed E-state index contributed by atoms with van der Waals surface area (Å²) < 4.78 is 5.77. The molecule has 3 aromatic heterocycles. The first-order chi connectivity index (χ1) is 13.7. The maximum absolute atomic E-state index is 5.77. The van der Waals surface area contributed by atoms with Crippen molar-refractivity contribution in [1.29, 1.82) is 0 Å². The van der Waals surface area contributed by atoms with Crippen molar-refractivity contribution in [2.24, 2.45) is 0 Å². The molecule has 5 rings (SSSR count). The third kappa shape index (κ3) is 2.85. The van der Waals surface area contributed by atoms with E-state index in [0.717, 1.165) is 28.0 Å². The molecule has 136 valence electrons. The maximum atomic E-state index is 5.77. The standard InChI is InChI=1S/C22H17N5O/c1-13-11-18-19(12-14(13)2)25-20(24-18)15-6-8-16(9-7-15)21-26-27-22(28-21)17-5-3-4-10-23-17/h3-12H,1-2H3,(H,24,25). The van der Waals surface area contributed by atoms with Crippen LogP contribution in [0.15, 0.2) is 65.2 Å². The molecule has 5 aromatic rings. The number of rotatable bonds is 3. The molecule has 0 bridgehead atoms. The summed E-state index contributed by atoms with van der Waals surface area (Å²) in [6.07, 6.45) is 1.70. The topological polar surface area (TPSA) is 80.5 Å². The fraction of sp³-hybridized carbons (Fsp3) is 0.0909. The van der Waals surface area contributed by atoms with E-state index in [1.807, 2.05) is 42.5 Å². The summed E-state index contributed by atoms with van der Waals surface area (Å²) >= 11 is 0. The number of nitrogens with zero attached hydrogens (tertiary/aromatic N) is 4. The van der Waals surface area contributed by atoms with Gasteiger partial charge in [-0.2, -0.15) is 0 Å². The molecule has 0 fully saturated rings. The zero-order valence-corrected chi connectivity index (χ0v) is 15.5. The van der Waals surface area contributed by atoms with E-state index in [1.165, 1.54) is 11.1 Å². The molecule has 0 aliphatic rings. The van der Waals surface area contributed by atoms with Crippen molar-refractivity contribution < 1.29 is 4.42 Å². The van der Waals surface area contributed by atoms with Crippen LogP contribution in [-0.2, 0) is 0 Å². The molecule has 0 saturated carbocycles. The number of fused-ring (bicyclic) bond motifs is 1. The van der Waals surface area contributed by atoms with Gasteiger partial charge in [-0.3, -0.25) is 4.98 Å². The first kappa shape index (κ1) is 16.4. The van der Waals surface area contributed by atoms with Crippen molar-refractivity contribution in [3.8, 4) is 34.4 Å². The first-order valence-electron chi connectivity index (χ1n) is 9.00. The van der Waals surface area contributed by atoms with Crippen molar-refractivity contribution >= 4 is 11.0 Å². The van der Waals surface area contributed by atoms with Gasteiger partial charge in [0.25, 0.3) is 5.89 Å². The molecule has 0 saturated heterocycles. The van der Waals surface area contributed by atoms with Gasteiger partial charge in [0.05, 0.1) is 11.0 Å². The van der Waals surface area contributed by atoms with Crippen LogP contribution in [0.25, 0.3) is 45.5 Å². The van der Waals surface area contributed by atoms with Crippen LogP contribution in [0.3, 0.4) is 0 Å². The minimum absolute atomic E-state index is 0.405. The van der Waals surface area contributed by atoms with Gasteiger partial charge in [0, 0.05) is 17.3 Å². The molecule has 0 unspecified atom stereocenters. The number of aryl methyl sites for hydroxylation is 2. The summed E-state index contributed by atoms with van der Waals surface area (Å²) in [5, 5.41) is 8.23. The first-order valence-corrected chi connectivity index (χ1v) is 9.00. The number of aromatic amines is 1. The van der Waals surface area contributed by atoms with Crippen LogP contribution < -0.4 is 0 Å². The Kier molecular flexibility index (Phi) is 3.76. The van der Waals surface area contributed by atoms with Crippen LogP contribution >= 0.6 is 0 Å². The molecule has 0 atom stereocenters. The number of aromatic nitrogens is 5. The van der Waals surface area contributed by atoms with E-state index in [9.17, 15) is 0 Å². The lowest BCUT2D eigenvalue weighted by atomic mass is 10.1. The number of hydrogen-bond acceptors (Lipinski definition) is 5. The lowest BCUT2D eigenvalue weighted by molar-refractivity contribution is 0.582. The molecular weight excluding hydrogens is 350 g/mol.